The summed E-state index contributed by atoms with van der Waals surface area (Å²) in [7, 11) is 0. The molecule has 5 heteroatoms. The monoisotopic (exact) mass is 200 g/mol. The zero-order valence-corrected chi connectivity index (χ0v) is 8.44. The Morgan fingerprint density at radius 1 is 1.43 bits per heavy atom. The standard InChI is InChI=1S/C9H16N2O3/c1-2-14-9(12)11(10-13)8-6-4-3-5-7-8/h8H,2-7H2,1H3. The van der Waals surface area contributed by atoms with Crippen molar-refractivity contribution in [3.63, 3.8) is 0 Å². The fourth-order valence-corrected chi connectivity index (χ4v) is 1.76. The van der Waals surface area contributed by atoms with Gasteiger partial charge in [0.1, 0.15) is 0 Å². The zero-order valence-electron chi connectivity index (χ0n) is 8.44. The van der Waals surface area contributed by atoms with Crippen molar-refractivity contribution in [3.8, 4) is 0 Å². The van der Waals surface area contributed by atoms with Gasteiger partial charge in [-0.25, -0.2) is 4.79 Å². The lowest BCUT2D eigenvalue weighted by molar-refractivity contribution is 0.0814. The van der Waals surface area contributed by atoms with Gasteiger partial charge in [-0.05, 0) is 19.8 Å². The Morgan fingerprint density at radius 2 is 2.07 bits per heavy atom. The van der Waals surface area contributed by atoms with Gasteiger partial charge in [-0.3, -0.25) is 0 Å². The van der Waals surface area contributed by atoms with E-state index < -0.39 is 6.09 Å². The minimum absolute atomic E-state index is 0.0553. The highest BCUT2D eigenvalue weighted by Gasteiger charge is 2.27. The highest BCUT2D eigenvalue weighted by atomic mass is 16.6. The van der Waals surface area contributed by atoms with Crippen molar-refractivity contribution in [3.05, 3.63) is 4.91 Å². The Kier molecular flexibility index (Phi) is 4.35. The molecule has 0 N–H and O–H groups in total. The molecule has 0 aliphatic heterocycles. The second kappa shape index (κ2) is 5.57. The van der Waals surface area contributed by atoms with E-state index in [0.29, 0.717) is 0 Å². The minimum atomic E-state index is -0.616. The fourth-order valence-electron chi connectivity index (χ4n) is 1.76. The van der Waals surface area contributed by atoms with Gasteiger partial charge in [0, 0.05) is 0 Å². The van der Waals surface area contributed by atoms with E-state index in [0.717, 1.165) is 30.7 Å². The van der Waals surface area contributed by atoms with Crippen molar-refractivity contribution < 1.29 is 9.53 Å². The molecule has 1 rings (SSSR count). The average molecular weight is 200 g/mol. The smallest absolute Gasteiger partial charge is 0.433 e. The van der Waals surface area contributed by atoms with Crippen LogP contribution >= 0.6 is 0 Å². The lowest BCUT2D eigenvalue weighted by Gasteiger charge is -2.26. The number of amides is 1. The molecule has 0 unspecified atom stereocenters. The molecule has 14 heavy (non-hydrogen) atoms. The molecule has 1 aliphatic rings. The third-order valence-electron chi connectivity index (χ3n) is 2.46. The summed E-state index contributed by atoms with van der Waals surface area (Å²) in [5.41, 5.74) is 0. The van der Waals surface area contributed by atoms with Crippen molar-refractivity contribution in [2.75, 3.05) is 6.61 Å². The number of nitroso groups, excluding NO2 is 1. The summed E-state index contributed by atoms with van der Waals surface area (Å²) in [5.74, 6) is 0. The van der Waals surface area contributed by atoms with E-state index in [-0.39, 0.29) is 12.6 Å². The van der Waals surface area contributed by atoms with E-state index in [1.54, 1.807) is 6.92 Å². The van der Waals surface area contributed by atoms with Gasteiger partial charge in [0.25, 0.3) is 0 Å². The van der Waals surface area contributed by atoms with Gasteiger partial charge in [-0.15, -0.1) is 4.91 Å². The largest absolute Gasteiger partial charge is 0.448 e. The van der Waals surface area contributed by atoms with E-state index in [9.17, 15) is 9.70 Å². The molecule has 0 atom stereocenters. The number of hydrogen-bond donors (Lipinski definition) is 0. The van der Waals surface area contributed by atoms with Gasteiger partial charge in [-0.1, -0.05) is 19.3 Å². The van der Waals surface area contributed by atoms with Crippen molar-refractivity contribution in [2.45, 2.75) is 45.1 Å². The van der Waals surface area contributed by atoms with Gasteiger partial charge in [0.15, 0.2) is 0 Å². The molecule has 0 saturated heterocycles. The Hall–Kier alpha value is -1.13. The molecule has 0 aromatic rings. The Morgan fingerprint density at radius 3 is 2.57 bits per heavy atom. The molecule has 1 amide bonds. The molecule has 1 fully saturated rings. The van der Waals surface area contributed by atoms with Crippen molar-refractivity contribution >= 4 is 6.09 Å². The van der Waals surface area contributed by atoms with Crippen LogP contribution in [-0.2, 0) is 4.74 Å². The third-order valence-corrected chi connectivity index (χ3v) is 2.46. The third kappa shape index (κ3) is 2.68. The first-order chi connectivity index (χ1) is 6.79. The first-order valence-corrected chi connectivity index (χ1v) is 5.08. The number of hydrogen-bond acceptors (Lipinski definition) is 4. The predicted octanol–water partition coefficient (Wildman–Crippen LogP) is 2.46. The van der Waals surface area contributed by atoms with Crippen LogP contribution in [0.3, 0.4) is 0 Å². The van der Waals surface area contributed by atoms with Crippen LogP contribution in [0, 0.1) is 4.91 Å². The Balaban J connectivity index is 2.50. The molecule has 80 valence electrons. The molecule has 0 radical (unpaired) electrons. The molecule has 5 nitrogen and oxygen atoms in total. The average Bonchev–Trinajstić information content (AvgIpc) is 2.21. The maximum Gasteiger partial charge on any atom is 0.433 e. The van der Waals surface area contributed by atoms with Gasteiger partial charge >= 0.3 is 6.09 Å². The van der Waals surface area contributed by atoms with E-state index >= 15 is 0 Å². The quantitative estimate of drug-likeness (QED) is 0.519. The van der Waals surface area contributed by atoms with Gasteiger partial charge in [0.05, 0.1) is 17.9 Å². The summed E-state index contributed by atoms with van der Waals surface area (Å²) in [5, 5.41) is 3.69. The van der Waals surface area contributed by atoms with Crippen molar-refractivity contribution in [1.29, 1.82) is 0 Å². The normalized spacial score (nSPS) is 17.5. The fraction of sp³-hybridized carbons (Fsp3) is 0.889. The van der Waals surface area contributed by atoms with Crippen LogP contribution in [-0.4, -0.2) is 23.8 Å². The van der Waals surface area contributed by atoms with Crippen molar-refractivity contribution in [1.82, 2.24) is 5.01 Å². The minimum Gasteiger partial charge on any atom is -0.448 e. The van der Waals surface area contributed by atoms with E-state index in [1.165, 1.54) is 6.42 Å². The summed E-state index contributed by atoms with van der Waals surface area (Å²) in [6.45, 7) is 1.99. The van der Waals surface area contributed by atoms with Crippen LogP contribution in [0.5, 0.6) is 0 Å². The highest BCUT2D eigenvalue weighted by Crippen LogP contribution is 2.23. The summed E-state index contributed by atoms with van der Waals surface area (Å²) >= 11 is 0. The van der Waals surface area contributed by atoms with Gasteiger partial charge < -0.3 is 4.74 Å². The van der Waals surface area contributed by atoms with Crippen molar-refractivity contribution in [2.24, 2.45) is 5.29 Å². The van der Waals surface area contributed by atoms with Crippen LogP contribution in [0.25, 0.3) is 0 Å². The summed E-state index contributed by atoms with van der Waals surface area (Å²) in [6.07, 6.45) is 4.36. The molecular formula is C9H16N2O3. The van der Waals surface area contributed by atoms with Crippen LogP contribution in [0.1, 0.15) is 39.0 Å². The molecule has 0 aromatic carbocycles. The van der Waals surface area contributed by atoms with Crippen LogP contribution < -0.4 is 0 Å². The Labute approximate surface area is 83.4 Å². The topological polar surface area (TPSA) is 59.0 Å². The summed E-state index contributed by atoms with van der Waals surface area (Å²) < 4.78 is 4.74. The summed E-state index contributed by atoms with van der Waals surface area (Å²) in [4.78, 5) is 21.8. The second-order valence-electron chi connectivity index (χ2n) is 3.42. The molecule has 0 aromatic heterocycles. The lowest BCUT2D eigenvalue weighted by Crippen LogP contribution is -2.37. The number of carbonyl (C=O) groups is 1. The highest BCUT2D eigenvalue weighted by molar-refractivity contribution is 5.67. The van der Waals surface area contributed by atoms with E-state index in [1.807, 2.05) is 0 Å². The van der Waals surface area contributed by atoms with Gasteiger partial charge in [0.2, 0.25) is 0 Å². The van der Waals surface area contributed by atoms with E-state index in [2.05, 4.69) is 5.29 Å². The number of carbonyl (C=O) groups excluding carboxylic acids is 1. The molecule has 0 heterocycles. The van der Waals surface area contributed by atoms with E-state index in [4.69, 9.17) is 4.74 Å². The SMILES string of the molecule is CCOC(=O)N(N=O)C1CCCCC1. The molecule has 1 saturated carbocycles. The predicted molar refractivity (Wildman–Crippen MR) is 51.5 cm³/mol. The first kappa shape index (κ1) is 10.9. The molecule has 0 bridgehead atoms. The van der Waals surface area contributed by atoms with Crippen LogP contribution in [0.2, 0.25) is 0 Å². The molecule has 1 aliphatic carbocycles. The lowest BCUT2D eigenvalue weighted by atomic mass is 9.95. The summed E-state index contributed by atoms with van der Waals surface area (Å²) in [6, 6.07) is -0.0553. The second-order valence-corrected chi connectivity index (χ2v) is 3.42. The van der Waals surface area contributed by atoms with Crippen LogP contribution in [0.15, 0.2) is 5.29 Å². The van der Waals surface area contributed by atoms with Gasteiger partial charge in [-0.2, -0.15) is 5.01 Å². The number of nitrogens with zero attached hydrogens (tertiary/aromatic N) is 2. The first-order valence-electron chi connectivity index (χ1n) is 5.08. The molecular weight excluding hydrogens is 184 g/mol. The maximum absolute atomic E-state index is 11.3. The zero-order chi connectivity index (χ0) is 10.4. The Bertz CT molecular complexity index is 202. The molecule has 0 spiro atoms. The maximum atomic E-state index is 11.3. The number of ether oxygens (including phenoxy) is 1. The number of rotatable bonds is 3. The van der Waals surface area contributed by atoms with Crippen LogP contribution in [0.4, 0.5) is 4.79 Å².